The van der Waals surface area contributed by atoms with Crippen molar-refractivity contribution in [1.82, 2.24) is 0 Å². The molecule has 0 aromatic heterocycles. The van der Waals surface area contributed by atoms with Gasteiger partial charge in [-0.15, -0.1) is 0 Å². The molecule has 0 saturated heterocycles. The van der Waals surface area contributed by atoms with E-state index in [9.17, 15) is 18.0 Å². The SMILES string of the molecule is CCC(CC)CC(=O)c1cc(F)c(F)cc1F. The molecule has 0 aliphatic heterocycles. The summed E-state index contributed by atoms with van der Waals surface area (Å²) in [6, 6.07) is 1.05. The molecule has 0 saturated carbocycles. The Kier molecular flexibility index (Phi) is 4.73. The number of benzene rings is 1. The molecule has 0 aliphatic carbocycles. The van der Waals surface area contributed by atoms with E-state index in [1.54, 1.807) is 0 Å². The largest absolute Gasteiger partial charge is 0.294 e. The maximum atomic E-state index is 13.3. The summed E-state index contributed by atoms with van der Waals surface area (Å²) >= 11 is 0. The van der Waals surface area contributed by atoms with Crippen molar-refractivity contribution in [2.24, 2.45) is 5.92 Å². The van der Waals surface area contributed by atoms with Gasteiger partial charge >= 0.3 is 0 Å². The first-order chi connectivity index (χ1) is 7.99. The van der Waals surface area contributed by atoms with Crippen molar-refractivity contribution in [3.63, 3.8) is 0 Å². The Morgan fingerprint density at radius 3 is 2.12 bits per heavy atom. The summed E-state index contributed by atoms with van der Waals surface area (Å²) in [7, 11) is 0. The lowest BCUT2D eigenvalue weighted by atomic mass is 9.94. The van der Waals surface area contributed by atoms with Crippen LogP contribution in [0.3, 0.4) is 0 Å². The molecule has 94 valence electrons. The van der Waals surface area contributed by atoms with Gasteiger partial charge in [0.1, 0.15) is 5.82 Å². The number of ketones is 1. The minimum absolute atomic E-state index is 0.148. The number of hydrogen-bond acceptors (Lipinski definition) is 1. The van der Waals surface area contributed by atoms with Crippen LogP contribution in [-0.2, 0) is 0 Å². The number of rotatable bonds is 5. The molecule has 1 aromatic rings. The molecule has 0 fully saturated rings. The fourth-order valence-electron chi connectivity index (χ4n) is 1.69. The monoisotopic (exact) mass is 244 g/mol. The standard InChI is InChI=1S/C13H15F3O/c1-3-8(4-2)5-13(17)9-6-11(15)12(16)7-10(9)14/h6-8H,3-5H2,1-2H3. The Labute approximate surface area is 98.6 Å². The molecule has 4 heteroatoms. The van der Waals surface area contributed by atoms with Crippen LogP contribution in [0.4, 0.5) is 13.2 Å². The Bertz CT molecular complexity index is 411. The number of Topliss-reactive ketones (excluding diaryl/α,β-unsaturated/α-hetero) is 1. The van der Waals surface area contributed by atoms with Crippen molar-refractivity contribution in [1.29, 1.82) is 0 Å². The number of carbonyl (C=O) groups is 1. The third kappa shape index (κ3) is 3.32. The molecular formula is C13H15F3O. The van der Waals surface area contributed by atoms with E-state index >= 15 is 0 Å². The van der Waals surface area contributed by atoms with E-state index in [0.717, 1.165) is 12.8 Å². The van der Waals surface area contributed by atoms with Crippen LogP contribution >= 0.6 is 0 Å². The number of carbonyl (C=O) groups excluding carboxylic acids is 1. The van der Waals surface area contributed by atoms with Gasteiger partial charge in [-0.25, -0.2) is 13.2 Å². The quantitative estimate of drug-likeness (QED) is 0.562. The van der Waals surface area contributed by atoms with Crippen molar-refractivity contribution in [2.45, 2.75) is 33.1 Å². The Hall–Kier alpha value is -1.32. The lowest BCUT2D eigenvalue weighted by Gasteiger charge is -2.11. The highest BCUT2D eigenvalue weighted by atomic mass is 19.2. The normalized spacial score (nSPS) is 10.9. The van der Waals surface area contributed by atoms with Gasteiger partial charge in [0.15, 0.2) is 17.4 Å². The first-order valence-electron chi connectivity index (χ1n) is 5.67. The van der Waals surface area contributed by atoms with Crippen molar-refractivity contribution in [2.75, 3.05) is 0 Å². The second-order valence-electron chi connectivity index (χ2n) is 4.06. The van der Waals surface area contributed by atoms with Crippen LogP contribution in [-0.4, -0.2) is 5.78 Å². The molecule has 0 unspecified atom stereocenters. The summed E-state index contributed by atoms with van der Waals surface area (Å²) in [5.41, 5.74) is -0.365. The van der Waals surface area contributed by atoms with Crippen LogP contribution in [0.25, 0.3) is 0 Å². The molecule has 0 spiro atoms. The average molecular weight is 244 g/mol. The molecular weight excluding hydrogens is 229 g/mol. The maximum Gasteiger partial charge on any atom is 0.166 e. The number of halogens is 3. The molecule has 17 heavy (non-hydrogen) atoms. The van der Waals surface area contributed by atoms with Crippen LogP contribution in [0, 0.1) is 23.4 Å². The van der Waals surface area contributed by atoms with E-state index in [1.165, 1.54) is 0 Å². The minimum Gasteiger partial charge on any atom is -0.294 e. The predicted octanol–water partition coefficient (Wildman–Crippen LogP) is 4.11. The summed E-state index contributed by atoms with van der Waals surface area (Å²) in [6.07, 6.45) is 1.76. The second-order valence-corrected chi connectivity index (χ2v) is 4.06. The van der Waals surface area contributed by atoms with E-state index < -0.39 is 23.2 Å². The van der Waals surface area contributed by atoms with Crippen LogP contribution in [0.2, 0.25) is 0 Å². The lowest BCUT2D eigenvalue weighted by Crippen LogP contribution is -2.10. The minimum atomic E-state index is -1.28. The Balaban J connectivity index is 2.93. The zero-order valence-electron chi connectivity index (χ0n) is 9.90. The predicted molar refractivity (Wildman–Crippen MR) is 59.3 cm³/mol. The molecule has 1 nitrogen and oxygen atoms in total. The molecule has 0 N–H and O–H groups in total. The molecule has 0 radical (unpaired) electrons. The summed E-state index contributed by atoms with van der Waals surface area (Å²) in [4.78, 5) is 11.7. The molecule has 0 atom stereocenters. The molecule has 1 aromatic carbocycles. The van der Waals surface area contributed by atoms with E-state index in [1.807, 2.05) is 13.8 Å². The van der Waals surface area contributed by atoms with Gasteiger partial charge in [-0.1, -0.05) is 26.7 Å². The summed E-state index contributed by atoms with van der Waals surface area (Å²) in [6.45, 7) is 3.87. The van der Waals surface area contributed by atoms with Crippen molar-refractivity contribution in [3.05, 3.63) is 35.1 Å². The van der Waals surface area contributed by atoms with Crippen LogP contribution in [0.15, 0.2) is 12.1 Å². The molecule has 0 bridgehead atoms. The Morgan fingerprint density at radius 2 is 1.59 bits per heavy atom. The highest BCUT2D eigenvalue weighted by Crippen LogP contribution is 2.20. The fraction of sp³-hybridized carbons (Fsp3) is 0.462. The number of hydrogen-bond donors (Lipinski definition) is 0. The topological polar surface area (TPSA) is 17.1 Å². The van der Waals surface area contributed by atoms with Gasteiger partial charge in [0.2, 0.25) is 0 Å². The molecule has 0 aliphatic rings. The van der Waals surface area contributed by atoms with E-state index in [2.05, 4.69) is 0 Å². The fourth-order valence-corrected chi connectivity index (χ4v) is 1.69. The van der Waals surface area contributed by atoms with Crippen LogP contribution in [0.1, 0.15) is 43.5 Å². The maximum absolute atomic E-state index is 13.3. The van der Waals surface area contributed by atoms with Crippen molar-refractivity contribution >= 4 is 5.78 Å². The van der Waals surface area contributed by atoms with Crippen LogP contribution < -0.4 is 0 Å². The Morgan fingerprint density at radius 1 is 1.06 bits per heavy atom. The summed E-state index contributed by atoms with van der Waals surface area (Å²) in [5, 5.41) is 0. The van der Waals surface area contributed by atoms with Gasteiger partial charge in [-0.05, 0) is 12.0 Å². The van der Waals surface area contributed by atoms with E-state index in [4.69, 9.17) is 0 Å². The van der Waals surface area contributed by atoms with Gasteiger partial charge in [-0.2, -0.15) is 0 Å². The van der Waals surface area contributed by atoms with Gasteiger partial charge in [0.25, 0.3) is 0 Å². The molecule has 0 amide bonds. The summed E-state index contributed by atoms with van der Waals surface area (Å²) < 4.78 is 38.9. The second kappa shape index (κ2) is 5.84. The third-order valence-corrected chi connectivity index (χ3v) is 2.94. The molecule has 0 heterocycles. The molecule has 1 rings (SSSR count). The van der Waals surface area contributed by atoms with Gasteiger partial charge < -0.3 is 0 Å². The third-order valence-electron chi connectivity index (χ3n) is 2.94. The zero-order valence-corrected chi connectivity index (χ0v) is 9.90. The highest BCUT2D eigenvalue weighted by Gasteiger charge is 2.18. The highest BCUT2D eigenvalue weighted by molar-refractivity contribution is 5.96. The first-order valence-corrected chi connectivity index (χ1v) is 5.67. The summed E-state index contributed by atoms with van der Waals surface area (Å²) in [5.74, 6) is -3.80. The lowest BCUT2D eigenvalue weighted by molar-refractivity contribution is 0.0954. The van der Waals surface area contributed by atoms with E-state index in [0.29, 0.717) is 12.1 Å². The van der Waals surface area contributed by atoms with Gasteiger partial charge in [0, 0.05) is 12.5 Å². The van der Waals surface area contributed by atoms with Gasteiger partial charge in [0.05, 0.1) is 5.56 Å². The van der Waals surface area contributed by atoms with E-state index in [-0.39, 0.29) is 17.9 Å². The van der Waals surface area contributed by atoms with Gasteiger partial charge in [-0.3, -0.25) is 4.79 Å². The first kappa shape index (κ1) is 13.7. The average Bonchev–Trinajstić information content (AvgIpc) is 2.30. The smallest absolute Gasteiger partial charge is 0.166 e. The zero-order chi connectivity index (χ0) is 13.0. The van der Waals surface area contributed by atoms with Crippen molar-refractivity contribution in [3.8, 4) is 0 Å². The van der Waals surface area contributed by atoms with Crippen LogP contribution in [0.5, 0.6) is 0 Å². The van der Waals surface area contributed by atoms with Crippen molar-refractivity contribution < 1.29 is 18.0 Å².